The molecule has 1 atom stereocenters. The van der Waals surface area contributed by atoms with Crippen LogP contribution in [0.1, 0.15) is 30.5 Å². The molecule has 0 bridgehead atoms. The number of primary sulfonamides is 1. The lowest BCUT2D eigenvalue weighted by molar-refractivity contribution is -0.122. The molecular weight excluding hydrogens is 366 g/mol. The first-order valence-corrected chi connectivity index (χ1v) is 10.0. The highest BCUT2D eigenvalue weighted by atomic mass is 32.2. The molecule has 2 aromatic rings. The number of carbonyl (C=O) groups is 2. The molecule has 0 aromatic heterocycles. The predicted molar refractivity (Wildman–Crippen MR) is 102 cm³/mol. The van der Waals surface area contributed by atoms with E-state index < -0.39 is 16.1 Å². The minimum absolute atomic E-state index is 0.0521. The molecular formula is C19H23N3O4S. The van der Waals surface area contributed by atoms with Crippen molar-refractivity contribution in [1.29, 1.82) is 0 Å². The van der Waals surface area contributed by atoms with Crippen molar-refractivity contribution in [1.82, 2.24) is 10.6 Å². The third-order valence-corrected chi connectivity index (χ3v) is 4.89. The third kappa shape index (κ3) is 6.84. The maximum Gasteiger partial charge on any atom is 0.238 e. The SMILES string of the molecule is CC(=O)N[C@H](CC(=O)NCCc1ccc(S(N)(=O)=O)cc1)c1ccccc1. The molecule has 144 valence electrons. The standard InChI is InChI=1S/C19H23N3O4S/c1-14(23)22-18(16-5-3-2-4-6-16)13-19(24)21-12-11-15-7-9-17(10-8-15)27(20,25)26/h2-10,18H,11-13H2,1H3,(H,21,24)(H,22,23)(H2,20,25,26)/t18-/m1/s1. The number of sulfonamides is 1. The van der Waals surface area contributed by atoms with Gasteiger partial charge in [0, 0.05) is 13.5 Å². The quantitative estimate of drug-likeness (QED) is 0.630. The molecule has 8 heteroatoms. The van der Waals surface area contributed by atoms with Gasteiger partial charge in [-0.1, -0.05) is 42.5 Å². The van der Waals surface area contributed by atoms with E-state index in [0.29, 0.717) is 13.0 Å². The first kappa shape index (κ1) is 20.6. The highest BCUT2D eigenvalue weighted by Gasteiger charge is 2.16. The van der Waals surface area contributed by atoms with E-state index in [0.717, 1.165) is 11.1 Å². The van der Waals surface area contributed by atoms with E-state index in [-0.39, 0.29) is 23.1 Å². The largest absolute Gasteiger partial charge is 0.356 e. The topological polar surface area (TPSA) is 118 Å². The average Bonchev–Trinajstić information content (AvgIpc) is 2.61. The summed E-state index contributed by atoms with van der Waals surface area (Å²) in [5, 5.41) is 10.7. The number of nitrogens with two attached hydrogens (primary N) is 1. The molecule has 0 fully saturated rings. The Morgan fingerprint density at radius 3 is 2.22 bits per heavy atom. The minimum Gasteiger partial charge on any atom is -0.356 e. The smallest absolute Gasteiger partial charge is 0.238 e. The fourth-order valence-electron chi connectivity index (χ4n) is 2.63. The van der Waals surface area contributed by atoms with E-state index in [9.17, 15) is 18.0 Å². The zero-order valence-corrected chi connectivity index (χ0v) is 15.8. The number of rotatable bonds is 8. The van der Waals surface area contributed by atoms with Crippen LogP contribution in [-0.4, -0.2) is 26.8 Å². The molecule has 2 amide bonds. The molecule has 2 rings (SSSR count). The van der Waals surface area contributed by atoms with Crippen LogP contribution in [0.5, 0.6) is 0 Å². The summed E-state index contributed by atoms with van der Waals surface area (Å²) < 4.78 is 22.5. The monoisotopic (exact) mass is 389 g/mol. The lowest BCUT2D eigenvalue weighted by atomic mass is 10.0. The summed E-state index contributed by atoms with van der Waals surface area (Å²) in [7, 11) is -3.71. The maximum absolute atomic E-state index is 12.2. The van der Waals surface area contributed by atoms with E-state index in [4.69, 9.17) is 5.14 Å². The molecule has 4 N–H and O–H groups in total. The molecule has 0 aliphatic heterocycles. The molecule has 0 aliphatic carbocycles. The van der Waals surface area contributed by atoms with Crippen LogP contribution in [0.4, 0.5) is 0 Å². The number of hydrogen-bond acceptors (Lipinski definition) is 4. The second-order valence-corrected chi connectivity index (χ2v) is 7.72. The second-order valence-electron chi connectivity index (χ2n) is 6.16. The van der Waals surface area contributed by atoms with Crippen LogP contribution < -0.4 is 15.8 Å². The maximum atomic E-state index is 12.2. The van der Waals surface area contributed by atoms with E-state index in [1.54, 1.807) is 12.1 Å². The second kappa shape index (κ2) is 9.29. The van der Waals surface area contributed by atoms with Crippen LogP contribution in [0.2, 0.25) is 0 Å². The molecule has 0 spiro atoms. The van der Waals surface area contributed by atoms with Crippen molar-refractivity contribution in [2.24, 2.45) is 5.14 Å². The number of carbonyl (C=O) groups excluding carboxylic acids is 2. The van der Waals surface area contributed by atoms with Crippen LogP contribution in [-0.2, 0) is 26.0 Å². The molecule has 0 heterocycles. The molecule has 7 nitrogen and oxygen atoms in total. The Kier molecular flexibility index (Phi) is 7.09. The predicted octanol–water partition coefficient (Wildman–Crippen LogP) is 1.26. The Morgan fingerprint density at radius 1 is 1.04 bits per heavy atom. The van der Waals surface area contributed by atoms with E-state index in [1.165, 1.54) is 19.1 Å². The van der Waals surface area contributed by atoms with Gasteiger partial charge in [0.25, 0.3) is 0 Å². The van der Waals surface area contributed by atoms with Crippen molar-refractivity contribution >= 4 is 21.8 Å². The van der Waals surface area contributed by atoms with Crippen molar-refractivity contribution < 1.29 is 18.0 Å². The van der Waals surface area contributed by atoms with E-state index in [2.05, 4.69) is 10.6 Å². The van der Waals surface area contributed by atoms with Crippen LogP contribution in [0.15, 0.2) is 59.5 Å². The number of amides is 2. The molecule has 0 aliphatic rings. The average molecular weight is 389 g/mol. The Hall–Kier alpha value is -2.71. The summed E-state index contributed by atoms with van der Waals surface area (Å²) in [6.07, 6.45) is 0.681. The lowest BCUT2D eigenvalue weighted by Crippen LogP contribution is -2.33. The molecule has 0 saturated carbocycles. The highest BCUT2D eigenvalue weighted by Crippen LogP contribution is 2.16. The van der Waals surface area contributed by atoms with E-state index >= 15 is 0 Å². The van der Waals surface area contributed by atoms with Gasteiger partial charge in [-0.15, -0.1) is 0 Å². The summed E-state index contributed by atoms with van der Waals surface area (Å²) in [5.74, 6) is -0.384. The summed E-state index contributed by atoms with van der Waals surface area (Å²) in [6.45, 7) is 1.81. The van der Waals surface area contributed by atoms with E-state index in [1.807, 2.05) is 30.3 Å². The van der Waals surface area contributed by atoms with Crippen LogP contribution in [0.25, 0.3) is 0 Å². The highest BCUT2D eigenvalue weighted by molar-refractivity contribution is 7.89. The third-order valence-electron chi connectivity index (χ3n) is 3.96. The van der Waals surface area contributed by atoms with Crippen molar-refractivity contribution in [3.05, 3.63) is 65.7 Å². The van der Waals surface area contributed by atoms with Crippen molar-refractivity contribution in [2.45, 2.75) is 30.7 Å². The van der Waals surface area contributed by atoms with Gasteiger partial charge < -0.3 is 10.6 Å². The Morgan fingerprint density at radius 2 is 1.67 bits per heavy atom. The number of benzene rings is 2. The molecule has 2 aromatic carbocycles. The fraction of sp³-hybridized carbons (Fsp3) is 0.263. The molecule has 0 unspecified atom stereocenters. The first-order chi connectivity index (χ1) is 12.8. The summed E-state index contributed by atoms with van der Waals surface area (Å²) in [4.78, 5) is 23.7. The summed E-state index contributed by atoms with van der Waals surface area (Å²) >= 11 is 0. The van der Waals surface area contributed by atoms with Crippen molar-refractivity contribution in [3.63, 3.8) is 0 Å². The zero-order chi connectivity index (χ0) is 19.9. The first-order valence-electron chi connectivity index (χ1n) is 8.46. The summed E-state index contributed by atoms with van der Waals surface area (Å²) in [6, 6.07) is 15.1. The van der Waals surface area contributed by atoms with Gasteiger partial charge in [-0.25, -0.2) is 13.6 Å². The Bertz CT molecular complexity index is 881. The van der Waals surface area contributed by atoms with Gasteiger partial charge in [-0.05, 0) is 29.7 Å². The number of nitrogens with one attached hydrogen (secondary N) is 2. The lowest BCUT2D eigenvalue weighted by Gasteiger charge is -2.18. The normalized spacial score (nSPS) is 12.2. The van der Waals surface area contributed by atoms with Gasteiger partial charge >= 0.3 is 0 Å². The van der Waals surface area contributed by atoms with Gasteiger partial charge in [0.2, 0.25) is 21.8 Å². The molecule has 0 radical (unpaired) electrons. The molecule has 27 heavy (non-hydrogen) atoms. The summed E-state index contributed by atoms with van der Waals surface area (Å²) in [5.41, 5.74) is 1.74. The Labute approximate surface area is 159 Å². The fourth-order valence-corrected chi connectivity index (χ4v) is 3.15. The van der Waals surface area contributed by atoms with Gasteiger partial charge in [0.1, 0.15) is 0 Å². The zero-order valence-electron chi connectivity index (χ0n) is 15.0. The van der Waals surface area contributed by atoms with Gasteiger partial charge in [0.15, 0.2) is 0 Å². The van der Waals surface area contributed by atoms with Crippen LogP contribution in [0.3, 0.4) is 0 Å². The van der Waals surface area contributed by atoms with Crippen molar-refractivity contribution in [3.8, 4) is 0 Å². The van der Waals surface area contributed by atoms with Gasteiger partial charge in [-0.2, -0.15) is 0 Å². The minimum atomic E-state index is -3.71. The van der Waals surface area contributed by atoms with Gasteiger partial charge in [0.05, 0.1) is 17.4 Å². The van der Waals surface area contributed by atoms with Gasteiger partial charge in [-0.3, -0.25) is 9.59 Å². The van der Waals surface area contributed by atoms with Crippen LogP contribution >= 0.6 is 0 Å². The Balaban J connectivity index is 1.88. The number of hydrogen-bond donors (Lipinski definition) is 3. The van der Waals surface area contributed by atoms with Crippen LogP contribution in [0, 0.1) is 0 Å². The van der Waals surface area contributed by atoms with Crippen molar-refractivity contribution in [2.75, 3.05) is 6.54 Å². The molecule has 0 saturated heterocycles.